The molecule has 0 bridgehead atoms. The summed E-state index contributed by atoms with van der Waals surface area (Å²) in [4.78, 5) is 21.6. The average molecular weight is 459 g/mol. The number of nitrogens with zero attached hydrogens (tertiary/aromatic N) is 2. The van der Waals surface area contributed by atoms with Gasteiger partial charge in [-0.05, 0) is 48.9 Å². The summed E-state index contributed by atoms with van der Waals surface area (Å²) in [6.07, 6.45) is 1.89. The summed E-state index contributed by atoms with van der Waals surface area (Å²) in [5, 5.41) is 0.635. The summed E-state index contributed by atoms with van der Waals surface area (Å²) in [7, 11) is 3.22. The monoisotopic (exact) mass is 458 g/mol. The molecule has 1 aromatic heterocycles. The van der Waals surface area contributed by atoms with Gasteiger partial charge in [-0.1, -0.05) is 49.7 Å². The van der Waals surface area contributed by atoms with Crippen LogP contribution in [0.25, 0.3) is 11.3 Å². The first-order valence-electron chi connectivity index (χ1n) is 10.8. The first-order chi connectivity index (χ1) is 16.1. The first-order valence-corrected chi connectivity index (χ1v) is 11.6. The van der Waals surface area contributed by atoms with Gasteiger partial charge in [-0.2, -0.15) is 0 Å². The number of carbonyl (C=O) groups excluding carboxylic acids is 1. The molecule has 3 aromatic carbocycles. The number of methoxy groups -OCH3 is 2. The molecule has 0 spiro atoms. The van der Waals surface area contributed by atoms with Gasteiger partial charge in [0.2, 0.25) is 0 Å². The molecule has 0 aliphatic carbocycles. The number of aryl methyl sites for hydroxylation is 1. The fourth-order valence-electron chi connectivity index (χ4n) is 3.58. The molecule has 0 fully saturated rings. The normalized spacial score (nSPS) is 10.6. The zero-order valence-electron chi connectivity index (χ0n) is 18.9. The van der Waals surface area contributed by atoms with Crippen LogP contribution in [0.2, 0.25) is 0 Å². The minimum absolute atomic E-state index is 0.171. The number of carbonyl (C=O) groups is 1. The summed E-state index contributed by atoms with van der Waals surface area (Å²) in [5.41, 5.74) is 3.22. The van der Waals surface area contributed by atoms with E-state index in [2.05, 4.69) is 19.1 Å². The van der Waals surface area contributed by atoms with Crippen molar-refractivity contribution in [1.29, 1.82) is 0 Å². The number of aromatic nitrogens is 1. The second-order valence-electron chi connectivity index (χ2n) is 7.45. The Bertz CT molecular complexity index is 1220. The Balaban J connectivity index is 1.84. The van der Waals surface area contributed by atoms with Gasteiger partial charge in [0.15, 0.2) is 5.13 Å². The van der Waals surface area contributed by atoms with Crippen molar-refractivity contribution in [3.8, 4) is 22.8 Å². The standard InChI is InChI=1S/C27H26N2O3S/c1-4-9-24-25(19-10-6-5-7-11-19)28-27(33-24)29(21-14-16-22(31-2)17-15-21)26(30)20-12-8-13-23(18-20)32-3/h5-8,10-18H,4,9H2,1-3H3. The predicted molar refractivity (Wildman–Crippen MR) is 134 cm³/mol. The largest absolute Gasteiger partial charge is 0.497 e. The molecule has 0 radical (unpaired) electrons. The Morgan fingerprint density at radius 1 is 0.909 bits per heavy atom. The van der Waals surface area contributed by atoms with E-state index in [1.807, 2.05) is 54.6 Å². The molecular weight excluding hydrogens is 432 g/mol. The minimum Gasteiger partial charge on any atom is -0.497 e. The summed E-state index contributed by atoms with van der Waals surface area (Å²) >= 11 is 1.56. The lowest BCUT2D eigenvalue weighted by molar-refractivity contribution is 0.0999. The molecule has 5 nitrogen and oxygen atoms in total. The third-order valence-corrected chi connectivity index (χ3v) is 6.35. The number of anilines is 2. The molecule has 1 heterocycles. The molecule has 168 valence electrons. The predicted octanol–water partition coefficient (Wildman–Crippen LogP) is 6.76. The van der Waals surface area contributed by atoms with Crippen molar-refractivity contribution < 1.29 is 14.3 Å². The fourth-order valence-corrected chi connectivity index (χ4v) is 4.79. The van der Waals surface area contributed by atoms with Crippen LogP contribution >= 0.6 is 11.3 Å². The van der Waals surface area contributed by atoms with Gasteiger partial charge >= 0.3 is 0 Å². The third kappa shape index (κ3) is 4.91. The summed E-state index contributed by atoms with van der Waals surface area (Å²) in [5.74, 6) is 1.19. The van der Waals surface area contributed by atoms with Gasteiger partial charge in [0.25, 0.3) is 5.91 Å². The molecule has 33 heavy (non-hydrogen) atoms. The maximum atomic E-state index is 13.8. The van der Waals surface area contributed by atoms with E-state index in [-0.39, 0.29) is 5.91 Å². The maximum absolute atomic E-state index is 13.8. The van der Waals surface area contributed by atoms with E-state index in [1.54, 1.807) is 42.6 Å². The van der Waals surface area contributed by atoms with Crippen molar-refractivity contribution in [1.82, 2.24) is 4.98 Å². The SMILES string of the molecule is CCCc1sc(N(C(=O)c2cccc(OC)c2)c2ccc(OC)cc2)nc1-c1ccccc1. The van der Waals surface area contributed by atoms with E-state index in [1.165, 1.54) is 0 Å². The highest BCUT2D eigenvalue weighted by Crippen LogP contribution is 2.38. The summed E-state index contributed by atoms with van der Waals surface area (Å²) in [6, 6.07) is 24.7. The van der Waals surface area contributed by atoms with Crippen molar-refractivity contribution in [3.05, 3.63) is 89.3 Å². The second-order valence-corrected chi connectivity index (χ2v) is 8.52. The zero-order valence-corrected chi connectivity index (χ0v) is 19.8. The topological polar surface area (TPSA) is 51.7 Å². The molecule has 4 aromatic rings. The minimum atomic E-state index is -0.171. The summed E-state index contributed by atoms with van der Waals surface area (Å²) in [6.45, 7) is 2.15. The van der Waals surface area contributed by atoms with Gasteiger partial charge in [-0.15, -0.1) is 11.3 Å². The van der Waals surface area contributed by atoms with Crippen LogP contribution in [0.1, 0.15) is 28.6 Å². The van der Waals surface area contributed by atoms with E-state index in [0.717, 1.165) is 40.4 Å². The second kappa shape index (κ2) is 10.3. The highest BCUT2D eigenvalue weighted by Gasteiger charge is 2.25. The maximum Gasteiger partial charge on any atom is 0.264 e. The Morgan fingerprint density at radius 2 is 1.64 bits per heavy atom. The van der Waals surface area contributed by atoms with Crippen molar-refractivity contribution >= 4 is 28.1 Å². The fraction of sp³-hybridized carbons (Fsp3) is 0.185. The highest BCUT2D eigenvalue weighted by atomic mass is 32.1. The molecular formula is C27H26N2O3S. The van der Waals surface area contributed by atoms with Gasteiger partial charge in [-0.3, -0.25) is 9.69 Å². The quantitative estimate of drug-likeness (QED) is 0.293. The lowest BCUT2D eigenvalue weighted by Crippen LogP contribution is -2.25. The number of hydrogen-bond acceptors (Lipinski definition) is 5. The Morgan fingerprint density at radius 3 is 2.30 bits per heavy atom. The van der Waals surface area contributed by atoms with Crippen LogP contribution in [-0.4, -0.2) is 25.1 Å². The molecule has 0 saturated carbocycles. The van der Waals surface area contributed by atoms with Crippen molar-refractivity contribution in [2.75, 3.05) is 19.1 Å². The molecule has 0 atom stereocenters. The van der Waals surface area contributed by atoms with Crippen LogP contribution in [0.15, 0.2) is 78.9 Å². The Hall–Kier alpha value is -3.64. The van der Waals surface area contributed by atoms with Crippen LogP contribution in [0.4, 0.5) is 10.8 Å². The number of rotatable bonds is 8. The van der Waals surface area contributed by atoms with Gasteiger partial charge in [0, 0.05) is 16.0 Å². The Labute approximate surface area is 198 Å². The first kappa shape index (κ1) is 22.6. The smallest absolute Gasteiger partial charge is 0.264 e. The molecule has 0 N–H and O–H groups in total. The molecule has 0 unspecified atom stereocenters. The van der Waals surface area contributed by atoms with Crippen LogP contribution in [0.3, 0.4) is 0 Å². The van der Waals surface area contributed by atoms with Crippen LogP contribution in [-0.2, 0) is 6.42 Å². The van der Waals surface area contributed by atoms with E-state index < -0.39 is 0 Å². The lowest BCUT2D eigenvalue weighted by atomic mass is 10.1. The number of thiazole rings is 1. The molecule has 4 rings (SSSR count). The van der Waals surface area contributed by atoms with E-state index in [4.69, 9.17) is 14.5 Å². The van der Waals surface area contributed by atoms with Gasteiger partial charge in [-0.25, -0.2) is 4.98 Å². The zero-order chi connectivity index (χ0) is 23.2. The van der Waals surface area contributed by atoms with Gasteiger partial charge in [0.05, 0.1) is 25.6 Å². The van der Waals surface area contributed by atoms with E-state index in [9.17, 15) is 4.79 Å². The third-order valence-electron chi connectivity index (χ3n) is 5.25. The number of hydrogen-bond donors (Lipinski definition) is 0. The van der Waals surface area contributed by atoms with Crippen molar-refractivity contribution in [3.63, 3.8) is 0 Å². The molecule has 0 aliphatic heterocycles. The highest BCUT2D eigenvalue weighted by molar-refractivity contribution is 7.16. The van der Waals surface area contributed by atoms with Crippen LogP contribution < -0.4 is 14.4 Å². The lowest BCUT2D eigenvalue weighted by Gasteiger charge is -2.20. The van der Waals surface area contributed by atoms with Crippen molar-refractivity contribution in [2.24, 2.45) is 0 Å². The van der Waals surface area contributed by atoms with Gasteiger partial charge in [0.1, 0.15) is 11.5 Å². The molecule has 0 saturated heterocycles. The number of ether oxygens (including phenoxy) is 2. The molecule has 0 aliphatic rings. The van der Waals surface area contributed by atoms with E-state index >= 15 is 0 Å². The Kier molecular flexibility index (Phi) is 7.05. The summed E-state index contributed by atoms with van der Waals surface area (Å²) < 4.78 is 10.6. The number of benzene rings is 3. The average Bonchev–Trinajstić information content (AvgIpc) is 3.28. The van der Waals surface area contributed by atoms with Gasteiger partial charge < -0.3 is 9.47 Å². The van der Waals surface area contributed by atoms with Crippen LogP contribution in [0.5, 0.6) is 11.5 Å². The van der Waals surface area contributed by atoms with Crippen LogP contribution in [0, 0.1) is 0 Å². The van der Waals surface area contributed by atoms with Crippen molar-refractivity contribution in [2.45, 2.75) is 19.8 Å². The number of amides is 1. The molecule has 6 heteroatoms. The van der Waals surface area contributed by atoms with E-state index in [0.29, 0.717) is 16.4 Å². The molecule has 1 amide bonds.